The van der Waals surface area contributed by atoms with E-state index >= 15 is 0 Å². The molecule has 0 aliphatic rings. The first-order valence-corrected chi connectivity index (χ1v) is 13.3. The van der Waals surface area contributed by atoms with Gasteiger partial charge in [0.05, 0.1) is 17.9 Å². The summed E-state index contributed by atoms with van der Waals surface area (Å²) in [6, 6.07) is 36.4. The number of anilines is 1. The molecule has 4 rings (SSSR count). The van der Waals surface area contributed by atoms with Crippen LogP contribution in [0.5, 0.6) is 0 Å². The van der Waals surface area contributed by atoms with Crippen molar-refractivity contribution in [2.24, 2.45) is 0 Å². The van der Waals surface area contributed by atoms with Crippen LogP contribution >= 0.6 is 11.8 Å². The third-order valence-electron chi connectivity index (χ3n) is 5.68. The number of rotatable bonds is 10. The number of hydrogen-bond donors (Lipinski definition) is 1. The molecule has 4 aromatic rings. The molecule has 1 N–H and O–H groups in total. The number of hydrogen-bond acceptors (Lipinski definition) is 4. The van der Waals surface area contributed by atoms with E-state index in [2.05, 4.69) is 54.7 Å². The van der Waals surface area contributed by atoms with E-state index in [1.807, 2.05) is 85.4 Å². The normalized spacial score (nSPS) is 11.5. The summed E-state index contributed by atoms with van der Waals surface area (Å²) in [5, 5.41) is 3.65. The van der Waals surface area contributed by atoms with Crippen molar-refractivity contribution in [3.05, 3.63) is 120 Å². The Labute approximate surface area is 218 Å². The minimum atomic E-state index is -0.355. The average Bonchev–Trinajstić information content (AvgIpc) is 2.93. The molecule has 0 saturated heterocycles. The van der Waals surface area contributed by atoms with Crippen molar-refractivity contribution in [2.75, 3.05) is 17.7 Å². The molecule has 0 saturated carbocycles. The molecule has 36 heavy (non-hydrogen) atoms. The summed E-state index contributed by atoms with van der Waals surface area (Å²) in [5.41, 5.74) is 6.12. The molecule has 0 radical (unpaired) electrons. The molecular formula is C32H31NO2S. The van der Waals surface area contributed by atoms with Crippen molar-refractivity contribution in [1.82, 2.24) is 0 Å². The summed E-state index contributed by atoms with van der Waals surface area (Å²) in [5.74, 6) is 0.703. The number of thioether (sulfide) groups is 1. The van der Waals surface area contributed by atoms with Gasteiger partial charge in [0.15, 0.2) is 0 Å². The van der Waals surface area contributed by atoms with Gasteiger partial charge in [0, 0.05) is 16.1 Å². The van der Waals surface area contributed by atoms with Crippen LogP contribution in [0.3, 0.4) is 0 Å². The minimum Gasteiger partial charge on any atom is -0.462 e. The van der Waals surface area contributed by atoms with Crippen molar-refractivity contribution in [3.8, 4) is 11.1 Å². The molecule has 0 aliphatic heterocycles. The maximum Gasteiger partial charge on any atom is 0.340 e. The molecule has 0 unspecified atom stereocenters. The van der Waals surface area contributed by atoms with Crippen LogP contribution in [0.25, 0.3) is 22.4 Å². The van der Waals surface area contributed by atoms with Crippen LogP contribution < -0.4 is 5.32 Å². The van der Waals surface area contributed by atoms with Gasteiger partial charge in [-0.15, -0.1) is 11.8 Å². The molecular weight excluding hydrogens is 462 g/mol. The molecule has 0 fully saturated rings. The van der Waals surface area contributed by atoms with Crippen molar-refractivity contribution >= 4 is 34.7 Å². The average molecular weight is 494 g/mol. The zero-order valence-corrected chi connectivity index (χ0v) is 21.6. The molecule has 0 spiro atoms. The Hall–Kier alpha value is -3.76. The highest BCUT2D eigenvalue weighted by atomic mass is 32.2. The highest BCUT2D eigenvalue weighted by molar-refractivity contribution is 7.99. The van der Waals surface area contributed by atoms with Gasteiger partial charge < -0.3 is 10.1 Å². The SMILES string of the molecule is CCCSc1ccccc1-c1ccccc1N/C(=C(/C(=O)OCC)c1ccccc1)c1ccccc1. The number of esters is 1. The number of benzene rings is 4. The molecule has 4 aromatic carbocycles. The zero-order chi connectivity index (χ0) is 25.2. The number of para-hydroxylation sites is 1. The van der Waals surface area contributed by atoms with Gasteiger partial charge in [-0.2, -0.15) is 0 Å². The first kappa shape index (κ1) is 25.3. The van der Waals surface area contributed by atoms with Crippen molar-refractivity contribution in [1.29, 1.82) is 0 Å². The first-order chi connectivity index (χ1) is 17.7. The van der Waals surface area contributed by atoms with E-state index in [1.54, 1.807) is 0 Å². The predicted molar refractivity (Wildman–Crippen MR) is 153 cm³/mol. The van der Waals surface area contributed by atoms with E-state index in [-0.39, 0.29) is 5.97 Å². The number of ether oxygens (including phenoxy) is 1. The second-order valence-corrected chi connectivity index (χ2v) is 9.35. The van der Waals surface area contributed by atoms with Crippen LogP contribution in [0, 0.1) is 0 Å². The molecule has 0 heterocycles. The molecule has 0 aliphatic carbocycles. The highest BCUT2D eigenvalue weighted by Gasteiger charge is 2.22. The molecule has 0 bridgehead atoms. The van der Waals surface area contributed by atoms with Crippen LogP contribution in [-0.2, 0) is 9.53 Å². The summed E-state index contributed by atoms with van der Waals surface area (Å²) in [6.45, 7) is 4.33. The monoisotopic (exact) mass is 493 g/mol. The third-order valence-corrected chi connectivity index (χ3v) is 6.96. The Morgan fingerprint density at radius 3 is 1.97 bits per heavy atom. The summed E-state index contributed by atoms with van der Waals surface area (Å²) in [7, 11) is 0. The molecule has 182 valence electrons. The van der Waals surface area contributed by atoms with Gasteiger partial charge in [0.2, 0.25) is 0 Å². The fraction of sp³-hybridized carbons (Fsp3) is 0.156. The standard InChI is InChI=1S/C32H31NO2S/c1-3-23-36-29-22-14-12-20-27(29)26-19-11-13-21-28(26)33-31(25-17-9-6-10-18-25)30(32(34)35-4-2)24-15-7-5-8-16-24/h5-22,33H,3-4,23H2,1-2H3/b31-30+. The van der Waals surface area contributed by atoms with E-state index in [4.69, 9.17) is 4.74 Å². The molecule has 0 amide bonds. The van der Waals surface area contributed by atoms with E-state index in [0.717, 1.165) is 34.6 Å². The molecule has 0 atom stereocenters. The first-order valence-electron chi connectivity index (χ1n) is 12.3. The molecule has 4 heteroatoms. The smallest absolute Gasteiger partial charge is 0.340 e. The Bertz CT molecular complexity index is 1320. The second kappa shape index (κ2) is 12.8. The van der Waals surface area contributed by atoms with E-state index in [1.165, 1.54) is 10.5 Å². The van der Waals surface area contributed by atoms with Crippen molar-refractivity contribution in [3.63, 3.8) is 0 Å². The van der Waals surface area contributed by atoms with Gasteiger partial charge in [-0.25, -0.2) is 4.79 Å². The third kappa shape index (κ3) is 6.07. The topological polar surface area (TPSA) is 38.3 Å². The molecule has 3 nitrogen and oxygen atoms in total. The maximum absolute atomic E-state index is 13.4. The van der Waals surface area contributed by atoms with Crippen LogP contribution in [0.1, 0.15) is 31.4 Å². The van der Waals surface area contributed by atoms with Gasteiger partial charge in [-0.05, 0) is 47.9 Å². The van der Waals surface area contributed by atoms with Gasteiger partial charge in [0.1, 0.15) is 0 Å². The fourth-order valence-electron chi connectivity index (χ4n) is 4.04. The lowest BCUT2D eigenvalue weighted by molar-refractivity contribution is -0.136. The van der Waals surface area contributed by atoms with Crippen LogP contribution in [0.2, 0.25) is 0 Å². The van der Waals surface area contributed by atoms with Crippen LogP contribution in [-0.4, -0.2) is 18.3 Å². The lowest BCUT2D eigenvalue weighted by Crippen LogP contribution is -2.13. The predicted octanol–water partition coefficient (Wildman–Crippen LogP) is 8.40. The number of nitrogens with one attached hydrogen (secondary N) is 1. The summed E-state index contributed by atoms with van der Waals surface area (Å²) < 4.78 is 5.54. The lowest BCUT2D eigenvalue weighted by Gasteiger charge is -2.20. The van der Waals surface area contributed by atoms with Crippen LogP contribution in [0.15, 0.2) is 114 Å². The largest absolute Gasteiger partial charge is 0.462 e. The lowest BCUT2D eigenvalue weighted by atomic mass is 9.97. The van der Waals surface area contributed by atoms with Crippen molar-refractivity contribution < 1.29 is 9.53 Å². The highest BCUT2D eigenvalue weighted by Crippen LogP contribution is 2.38. The van der Waals surface area contributed by atoms with Gasteiger partial charge in [-0.3, -0.25) is 0 Å². The summed E-state index contributed by atoms with van der Waals surface area (Å²) in [6.07, 6.45) is 1.11. The Balaban J connectivity index is 1.90. The Kier molecular flexibility index (Phi) is 9.01. The maximum atomic E-state index is 13.4. The molecule has 0 aromatic heterocycles. The van der Waals surface area contributed by atoms with E-state index in [0.29, 0.717) is 17.9 Å². The zero-order valence-electron chi connectivity index (χ0n) is 20.7. The van der Waals surface area contributed by atoms with Gasteiger partial charge in [-0.1, -0.05) is 104 Å². The van der Waals surface area contributed by atoms with E-state index < -0.39 is 0 Å². The fourth-order valence-corrected chi connectivity index (χ4v) is 4.98. The number of carbonyl (C=O) groups excluding carboxylic acids is 1. The Morgan fingerprint density at radius 2 is 1.31 bits per heavy atom. The Morgan fingerprint density at radius 1 is 0.722 bits per heavy atom. The van der Waals surface area contributed by atoms with Gasteiger partial charge >= 0.3 is 5.97 Å². The summed E-state index contributed by atoms with van der Waals surface area (Å²) in [4.78, 5) is 14.6. The van der Waals surface area contributed by atoms with Gasteiger partial charge in [0.25, 0.3) is 0 Å². The quantitative estimate of drug-likeness (QED) is 0.104. The van der Waals surface area contributed by atoms with Crippen LogP contribution in [0.4, 0.5) is 5.69 Å². The second-order valence-electron chi connectivity index (χ2n) is 8.22. The van der Waals surface area contributed by atoms with E-state index in [9.17, 15) is 4.79 Å². The van der Waals surface area contributed by atoms with Crippen molar-refractivity contribution in [2.45, 2.75) is 25.2 Å². The number of carbonyl (C=O) groups is 1. The summed E-state index contributed by atoms with van der Waals surface area (Å²) >= 11 is 1.87. The minimum absolute atomic E-state index is 0.301.